The van der Waals surface area contributed by atoms with Crippen LogP contribution in [0.1, 0.15) is 28.9 Å². The Morgan fingerprint density at radius 3 is 2.75 bits per heavy atom. The normalized spacial score (nSPS) is 16.5. The van der Waals surface area contributed by atoms with E-state index in [0.717, 1.165) is 41.7 Å². The molecule has 1 amide bonds. The molecular weight excluding hydrogens is 357 g/mol. The summed E-state index contributed by atoms with van der Waals surface area (Å²) in [4.78, 5) is 19.3. The molecule has 1 unspecified atom stereocenters. The van der Waals surface area contributed by atoms with Crippen molar-refractivity contribution in [2.24, 2.45) is 0 Å². The first-order chi connectivity index (χ1) is 13.5. The van der Waals surface area contributed by atoms with Crippen LogP contribution in [0.25, 0.3) is 10.9 Å². The first-order valence-electron chi connectivity index (χ1n) is 9.33. The topological polar surface area (TPSA) is 54.5 Å². The number of anilines is 2. The highest BCUT2D eigenvalue weighted by molar-refractivity contribution is 6.05. The Balaban J connectivity index is 1.66. The van der Waals surface area contributed by atoms with Crippen LogP contribution in [0.2, 0.25) is 0 Å². The minimum absolute atomic E-state index is 0.0721. The summed E-state index contributed by atoms with van der Waals surface area (Å²) >= 11 is 0. The third-order valence-electron chi connectivity index (χ3n) is 5.06. The second kappa shape index (κ2) is 7.56. The Bertz CT molecular complexity index is 1020. The van der Waals surface area contributed by atoms with Gasteiger partial charge in [-0.3, -0.25) is 9.78 Å². The van der Waals surface area contributed by atoms with E-state index in [0.29, 0.717) is 11.3 Å². The molecule has 1 N–H and O–H groups in total. The summed E-state index contributed by atoms with van der Waals surface area (Å²) in [6, 6.07) is 13.3. The molecule has 0 bridgehead atoms. The molecule has 1 aromatic heterocycles. The summed E-state index contributed by atoms with van der Waals surface area (Å²) in [6.45, 7) is 2.91. The Morgan fingerprint density at radius 2 is 2.00 bits per heavy atom. The summed E-state index contributed by atoms with van der Waals surface area (Å²) in [5.41, 5.74) is 3.87. The lowest BCUT2D eigenvalue weighted by molar-refractivity contribution is 0.102. The number of halogens is 1. The number of methoxy groups -OCH3 is 1. The molecule has 1 aliphatic rings. The van der Waals surface area contributed by atoms with E-state index in [4.69, 9.17) is 4.74 Å². The number of carbonyl (C=O) groups is 1. The van der Waals surface area contributed by atoms with Gasteiger partial charge in [0.25, 0.3) is 5.91 Å². The molecule has 5 nitrogen and oxygen atoms in total. The lowest BCUT2D eigenvalue weighted by atomic mass is 10.1. The van der Waals surface area contributed by atoms with Gasteiger partial charge in [-0.15, -0.1) is 0 Å². The fourth-order valence-electron chi connectivity index (χ4n) is 3.72. The van der Waals surface area contributed by atoms with E-state index >= 15 is 0 Å². The molecule has 1 fully saturated rings. The van der Waals surface area contributed by atoms with Gasteiger partial charge in [-0.25, -0.2) is 4.39 Å². The van der Waals surface area contributed by atoms with E-state index in [9.17, 15) is 9.18 Å². The molecule has 4 rings (SSSR count). The van der Waals surface area contributed by atoms with Gasteiger partial charge in [0.15, 0.2) is 0 Å². The predicted molar refractivity (Wildman–Crippen MR) is 108 cm³/mol. The number of ether oxygens (including phenoxy) is 1. The number of pyridine rings is 1. The highest BCUT2D eigenvalue weighted by Crippen LogP contribution is 2.33. The number of hydrogen-bond acceptors (Lipinski definition) is 4. The van der Waals surface area contributed by atoms with Crippen molar-refractivity contribution in [2.45, 2.75) is 26.0 Å². The SMILES string of the molecule is COC1CCCN1c1cc(C)nc2cc(NC(=O)c3ccc(F)cc3)ccc12. The molecule has 0 spiro atoms. The summed E-state index contributed by atoms with van der Waals surface area (Å²) in [5, 5.41) is 3.88. The second-order valence-corrected chi connectivity index (χ2v) is 7.00. The van der Waals surface area contributed by atoms with Crippen molar-refractivity contribution in [1.29, 1.82) is 0 Å². The maximum atomic E-state index is 13.1. The number of nitrogens with one attached hydrogen (secondary N) is 1. The van der Waals surface area contributed by atoms with Crippen LogP contribution in [0.5, 0.6) is 0 Å². The van der Waals surface area contributed by atoms with Gasteiger partial charge in [0, 0.05) is 41.7 Å². The maximum absolute atomic E-state index is 13.1. The van der Waals surface area contributed by atoms with Crippen LogP contribution in [0.3, 0.4) is 0 Å². The molecule has 6 heteroatoms. The van der Waals surface area contributed by atoms with Crippen molar-refractivity contribution < 1.29 is 13.9 Å². The predicted octanol–water partition coefficient (Wildman–Crippen LogP) is 4.51. The molecule has 28 heavy (non-hydrogen) atoms. The van der Waals surface area contributed by atoms with Gasteiger partial charge >= 0.3 is 0 Å². The number of carbonyl (C=O) groups excluding carboxylic acids is 1. The van der Waals surface area contributed by atoms with Crippen molar-refractivity contribution in [3.63, 3.8) is 0 Å². The van der Waals surface area contributed by atoms with E-state index in [1.807, 2.05) is 25.1 Å². The van der Waals surface area contributed by atoms with E-state index in [2.05, 4.69) is 21.3 Å². The number of rotatable bonds is 4. The monoisotopic (exact) mass is 379 g/mol. The van der Waals surface area contributed by atoms with Gasteiger partial charge in [-0.1, -0.05) is 0 Å². The molecule has 0 radical (unpaired) electrons. The molecule has 1 atom stereocenters. The molecule has 2 heterocycles. The number of aromatic nitrogens is 1. The van der Waals surface area contributed by atoms with Crippen molar-refractivity contribution in [2.75, 3.05) is 23.9 Å². The number of nitrogens with zero attached hydrogens (tertiary/aromatic N) is 2. The number of benzene rings is 2. The van der Waals surface area contributed by atoms with Crippen LogP contribution in [0, 0.1) is 12.7 Å². The van der Waals surface area contributed by atoms with Gasteiger partial charge in [0.05, 0.1) is 5.52 Å². The fraction of sp³-hybridized carbons (Fsp3) is 0.273. The highest BCUT2D eigenvalue weighted by atomic mass is 19.1. The summed E-state index contributed by atoms with van der Waals surface area (Å²) in [5.74, 6) is -0.656. The Hall–Kier alpha value is -2.99. The smallest absolute Gasteiger partial charge is 0.255 e. The number of aryl methyl sites for hydroxylation is 1. The Morgan fingerprint density at radius 1 is 1.21 bits per heavy atom. The van der Waals surface area contributed by atoms with E-state index in [1.165, 1.54) is 24.3 Å². The summed E-state index contributed by atoms with van der Waals surface area (Å²) in [7, 11) is 1.74. The Labute approximate surface area is 163 Å². The van der Waals surface area contributed by atoms with Gasteiger partial charge in [0.1, 0.15) is 12.0 Å². The van der Waals surface area contributed by atoms with Crippen LogP contribution in [-0.2, 0) is 4.74 Å². The van der Waals surface area contributed by atoms with Crippen LogP contribution in [-0.4, -0.2) is 30.8 Å². The average molecular weight is 379 g/mol. The van der Waals surface area contributed by atoms with Crippen LogP contribution >= 0.6 is 0 Å². The minimum atomic E-state index is -0.370. The van der Waals surface area contributed by atoms with Crippen LogP contribution < -0.4 is 10.2 Å². The van der Waals surface area contributed by atoms with E-state index in [-0.39, 0.29) is 18.0 Å². The van der Waals surface area contributed by atoms with Crippen molar-refractivity contribution in [3.05, 3.63) is 65.6 Å². The Kier molecular flexibility index (Phi) is 4.96. The van der Waals surface area contributed by atoms with Crippen LogP contribution in [0.15, 0.2) is 48.5 Å². The maximum Gasteiger partial charge on any atom is 0.255 e. The highest BCUT2D eigenvalue weighted by Gasteiger charge is 2.26. The van der Waals surface area contributed by atoms with Gasteiger partial charge < -0.3 is 15.0 Å². The molecular formula is C22H22FN3O2. The summed E-state index contributed by atoms with van der Waals surface area (Å²) in [6.07, 6.45) is 2.17. The number of fused-ring (bicyclic) bond motifs is 1. The molecule has 0 aliphatic carbocycles. The zero-order valence-corrected chi connectivity index (χ0v) is 15.9. The van der Waals surface area contributed by atoms with Crippen molar-refractivity contribution in [1.82, 2.24) is 4.98 Å². The molecule has 3 aromatic rings. The first kappa shape index (κ1) is 18.4. The first-order valence-corrected chi connectivity index (χ1v) is 9.33. The van der Waals surface area contributed by atoms with Crippen molar-refractivity contribution in [3.8, 4) is 0 Å². The quantitative estimate of drug-likeness (QED) is 0.725. The second-order valence-electron chi connectivity index (χ2n) is 7.00. The lowest BCUT2D eigenvalue weighted by Crippen LogP contribution is -2.30. The lowest BCUT2D eigenvalue weighted by Gasteiger charge is -2.27. The number of hydrogen-bond donors (Lipinski definition) is 1. The van der Waals surface area contributed by atoms with Crippen LogP contribution in [0.4, 0.5) is 15.8 Å². The minimum Gasteiger partial charge on any atom is -0.362 e. The zero-order chi connectivity index (χ0) is 19.7. The van der Waals surface area contributed by atoms with E-state index in [1.54, 1.807) is 7.11 Å². The third kappa shape index (κ3) is 3.55. The summed E-state index contributed by atoms with van der Waals surface area (Å²) < 4.78 is 18.7. The van der Waals surface area contributed by atoms with Crippen molar-refractivity contribution >= 4 is 28.2 Å². The third-order valence-corrected chi connectivity index (χ3v) is 5.06. The van der Waals surface area contributed by atoms with Gasteiger partial charge in [0.2, 0.25) is 0 Å². The molecule has 1 saturated heterocycles. The standard InChI is InChI=1S/C22H22FN3O2/c1-14-12-20(26-11-3-4-21(26)28-2)18-10-9-17(13-19(18)24-14)25-22(27)15-5-7-16(23)8-6-15/h5-10,12-13,21H,3-4,11H2,1-2H3,(H,25,27). The largest absolute Gasteiger partial charge is 0.362 e. The molecule has 2 aromatic carbocycles. The molecule has 144 valence electrons. The van der Waals surface area contributed by atoms with Gasteiger partial charge in [-0.2, -0.15) is 0 Å². The van der Waals surface area contributed by atoms with E-state index < -0.39 is 0 Å². The average Bonchev–Trinajstić information content (AvgIpc) is 3.16. The molecule has 1 aliphatic heterocycles. The molecule has 0 saturated carbocycles. The fourth-order valence-corrected chi connectivity index (χ4v) is 3.72. The number of amides is 1. The van der Waals surface area contributed by atoms with Gasteiger partial charge in [-0.05, 0) is 68.3 Å². The zero-order valence-electron chi connectivity index (χ0n) is 15.9.